The van der Waals surface area contributed by atoms with Gasteiger partial charge in [-0.2, -0.15) is 0 Å². The minimum absolute atomic E-state index is 0.0331. The average molecular weight is 406 g/mol. The first kappa shape index (κ1) is 21.1. The van der Waals surface area contributed by atoms with Crippen molar-refractivity contribution < 1.29 is 9.53 Å². The lowest BCUT2D eigenvalue weighted by molar-refractivity contribution is -0.127. The van der Waals surface area contributed by atoms with Crippen molar-refractivity contribution in [1.29, 1.82) is 0 Å². The van der Waals surface area contributed by atoms with E-state index >= 15 is 0 Å². The topological polar surface area (TPSA) is 38.3 Å². The van der Waals surface area contributed by atoms with Gasteiger partial charge < -0.3 is 10.1 Å². The molecule has 3 unspecified atom stereocenters. The Kier molecular flexibility index (Phi) is 5.09. The van der Waals surface area contributed by atoms with E-state index in [9.17, 15) is 4.79 Å². The molecule has 0 saturated heterocycles. The fraction of sp³-hybridized carbons (Fsp3) is 0.519. The van der Waals surface area contributed by atoms with E-state index < -0.39 is 0 Å². The zero-order valence-corrected chi connectivity index (χ0v) is 19.4. The number of ether oxygens (including phenoxy) is 1. The van der Waals surface area contributed by atoms with Crippen molar-refractivity contribution in [2.45, 2.75) is 66.0 Å². The van der Waals surface area contributed by atoms with Crippen molar-refractivity contribution in [3.05, 3.63) is 58.7 Å². The molecule has 30 heavy (non-hydrogen) atoms. The first-order valence-electron chi connectivity index (χ1n) is 11.1. The maximum atomic E-state index is 13.1. The van der Waals surface area contributed by atoms with Crippen LogP contribution in [0.2, 0.25) is 0 Å². The molecule has 2 aliphatic carbocycles. The predicted octanol–water partition coefficient (Wildman–Crippen LogP) is 5.51. The van der Waals surface area contributed by atoms with Crippen LogP contribution in [0.15, 0.2) is 47.6 Å². The Morgan fingerprint density at radius 3 is 2.67 bits per heavy atom. The maximum absolute atomic E-state index is 13.1. The van der Waals surface area contributed by atoms with Crippen LogP contribution in [-0.4, -0.2) is 24.5 Å². The van der Waals surface area contributed by atoms with E-state index in [-0.39, 0.29) is 28.8 Å². The van der Waals surface area contributed by atoms with Crippen LogP contribution in [0, 0.1) is 17.3 Å². The molecule has 0 radical (unpaired) electrons. The zero-order valence-electron chi connectivity index (χ0n) is 19.4. The Morgan fingerprint density at radius 1 is 1.27 bits per heavy atom. The summed E-state index contributed by atoms with van der Waals surface area (Å²) in [5, 5.41) is 3.80. The van der Waals surface area contributed by atoms with Crippen LogP contribution in [0.1, 0.15) is 59.1 Å². The first-order chi connectivity index (χ1) is 14.0. The van der Waals surface area contributed by atoms with Gasteiger partial charge in [0.2, 0.25) is 0 Å². The summed E-state index contributed by atoms with van der Waals surface area (Å²) >= 11 is 0. The van der Waals surface area contributed by atoms with Gasteiger partial charge >= 0.3 is 0 Å². The van der Waals surface area contributed by atoms with Crippen molar-refractivity contribution in [2.24, 2.45) is 17.3 Å². The number of ketones is 1. The third-order valence-electron chi connectivity index (χ3n) is 6.87. The van der Waals surface area contributed by atoms with Gasteiger partial charge in [-0.1, -0.05) is 56.7 Å². The monoisotopic (exact) mass is 405 g/mol. The maximum Gasteiger partial charge on any atom is 0.138 e. The largest absolute Gasteiger partial charge is 0.496 e. The predicted molar refractivity (Wildman–Crippen MR) is 124 cm³/mol. The lowest BCUT2D eigenvalue weighted by Gasteiger charge is -2.46. The number of hydrogen-bond acceptors (Lipinski definition) is 3. The average Bonchev–Trinajstić information content (AvgIpc) is 2.65. The van der Waals surface area contributed by atoms with E-state index in [0.29, 0.717) is 12.2 Å². The molecule has 1 aromatic carbocycles. The molecule has 0 amide bonds. The number of fused-ring (bicyclic) bond motifs is 4. The van der Waals surface area contributed by atoms with Gasteiger partial charge in [-0.15, -0.1) is 0 Å². The zero-order chi connectivity index (χ0) is 21.8. The van der Waals surface area contributed by atoms with E-state index in [0.717, 1.165) is 12.2 Å². The summed E-state index contributed by atoms with van der Waals surface area (Å²) in [5.41, 5.74) is 6.21. The summed E-state index contributed by atoms with van der Waals surface area (Å²) in [5.74, 6) is 1.76. The fourth-order valence-corrected chi connectivity index (χ4v) is 5.57. The van der Waals surface area contributed by atoms with Crippen LogP contribution < -0.4 is 10.1 Å². The van der Waals surface area contributed by atoms with Gasteiger partial charge in [0.1, 0.15) is 11.5 Å². The minimum Gasteiger partial charge on any atom is -0.496 e. The molecule has 1 aliphatic heterocycles. The highest BCUT2D eigenvalue weighted by atomic mass is 16.5. The number of hydrogen-bond donors (Lipinski definition) is 1. The highest BCUT2D eigenvalue weighted by Gasteiger charge is 2.43. The Hall–Kier alpha value is -2.13. The van der Waals surface area contributed by atoms with Gasteiger partial charge in [0.15, 0.2) is 0 Å². The SMILES string of the molecule is COc1cccc2c1C1=C(C(CC(=O)C(C)(C)C)C2)C2C(C)=CC(C)(C)NC2C=C1. The Morgan fingerprint density at radius 2 is 2.00 bits per heavy atom. The second-order valence-electron chi connectivity index (χ2n) is 10.8. The summed E-state index contributed by atoms with van der Waals surface area (Å²) < 4.78 is 5.76. The molecule has 0 saturated carbocycles. The molecule has 1 aromatic rings. The third-order valence-corrected chi connectivity index (χ3v) is 6.87. The van der Waals surface area contributed by atoms with E-state index in [1.165, 1.54) is 27.8 Å². The molecular weight excluding hydrogens is 370 g/mol. The number of methoxy groups -OCH3 is 1. The van der Waals surface area contributed by atoms with Gasteiger partial charge in [0.05, 0.1) is 7.11 Å². The van der Waals surface area contributed by atoms with Crippen molar-refractivity contribution in [3.63, 3.8) is 0 Å². The molecule has 0 aromatic heterocycles. The molecule has 160 valence electrons. The highest BCUT2D eigenvalue weighted by Crippen LogP contribution is 2.50. The van der Waals surface area contributed by atoms with Crippen LogP contribution in [0.25, 0.3) is 5.57 Å². The molecule has 1 heterocycles. The van der Waals surface area contributed by atoms with Crippen LogP contribution in [0.3, 0.4) is 0 Å². The van der Waals surface area contributed by atoms with E-state index in [2.05, 4.69) is 62.5 Å². The molecule has 3 nitrogen and oxygen atoms in total. The summed E-state index contributed by atoms with van der Waals surface area (Å²) in [6.45, 7) is 12.8. The number of carbonyl (C=O) groups excluding carboxylic acids is 1. The number of benzene rings is 1. The first-order valence-corrected chi connectivity index (χ1v) is 11.1. The number of carbonyl (C=O) groups is 1. The second-order valence-corrected chi connectivity index (χ2v) is 10.8. The van der Waals surface area contributed by atoms with E-state index in [1.54, 1.807) is 7.11 Å². The van der Waals surface area contributed by atoms with Crippen LogP contribution in [0.4, 0.5) is 0 Å². The molecule has 0 spiro atoms. The van der Waals surface area contributed by atoms with Crippen LogP contribution in [-0.2, 0) is 11.2 Å². The van der Waals surface area contributed by atoms with Gasteiger partial charge in [0, 0.05) is 34.9 Å². The molecule has 3 heteroatoms. The Bertz CT molecular complexity index is 971. The highest BCUT2D eigenvalue weighted by molar-refractivity contribution is 5.89. The van der Waals surface area contributed by atoms with Crippen molar-refractivity contribution in [2.75, 3.05) is 7.11 Å². The summed E-state index contributed by atoms with van der Waals surface area (Å²) in [6.07, 6.45) is 8.42. The lowest BCUT2D eigenvalue weighted by Crippen LogP contribution is -2.53. The Balaban J connectivity index is 1.89. The minimum atomic E-state index is -0.322. The number of nitrogens with one attached hydrogen (secondary N) is 1. The van der Waals surface area contributed by atoms with E-state index in [4.69, 9.17) is 4.74 Å². The lowest BCUT2D eigenvalue weighted by atomic mass is 9.64. The number of Topliss-reactive ketones (excluding diaryl/α,β-unsaturated/α-hetero) is 1. The van der Waals surface area contributed by atoms with Crippen molar-refractivity contribution in [1.82, 2.24) is 5.32 Å². The molecule has 3 atom stereocenters. The van der Waals surface area contributed by atoms with Gasteiger partial charge in [-0.3, -0.25) is 4.79 Å². The summed E-state index contributed by atoms with van der Waals surface area (Å²) in [6, 6.07) is 6.57. The van der Waals surface area contributed by atoms with Crippen LogP contribution >= 0.6 is 0 Å². The third kappa shape index (κ3) is 3.58. The normalized spacial score (nSPS) is 27.0. The Labute approximate surface area is 181 Å². The molecule has 0 fully saturated rings. The van der Waals surface area contributed by atoms with E-state index in [1.807, 2.05) is 20.8 Å². The number of rotatable bonds is 3. The van der Waals surface area contributed by atoms with Gasteiger partial charge in [-0.05, 0) is 55.9 Å². The van der Waals surface area contributed by atoms with Gasteiger partial charge in [-0.25, -0.2) is 0 Å². The molecule has 1 N–H and O–H groups in total. The molecule has 0 bridgehead atoms. The molecule has 3 aliphatic rings. The second kappa shape index (κ2) is 7.23. The molecule has 4 rings (SSSR count). The summed E-state index contributed by atoms with van der Waals surface area (Å²) in [7, 11) is 1.75. The summed E-state index contributed by atoms with van der Waals surface area (Å²) in [4.78, 5) is 13.1. The fourth-order valence-electron chi connectivity index (χ4n) is 5.57. The van der Waals surface area contributed by atoms with Crippen molar-refractivity contribution >= 4 is 11.4 Å². The smallest absolute Gasteiger partial charge is 0.138 e. The van der Waals surface area contributed by atoms with Crippen molar-refractivity contribution in [3.8, 4) is 5.75 Å². The quantitative estimate of drug-likeness (QED) is 0.674. The van der Waals surface area contributed by atoms with Crippen LogP contribution in [0.5, 0.6) is 5.75 Å². The molecular formula is C27H35NO2. The standard InChI is InChI=1S/C27H35NO2/c1-16-15-27(5,6)28-20-12-11-19-24-17(9-8-10-21(24)30-7)13-18(25(19)23(16)20)14-22(29)26(2,3)4/h8-12,15,18,20,23,28H,13-14H2,1-7H3. The van der Waals surface area contributed by atoms with Gasteiger partial charge in [0.25, 0.3) is 0 Å². The number of allylic oxidation sites excluding steroid dienone is 2.